The topological polar surface area (TPSA) is 124 Å². The molecule has 2 aliphatic rings. The van der Waals surface area contributed by atoms with Crippen LogP contribution in [0.1, 0.15) is 47.0 Å². The van der Waals surface area contributed by atoms with Crippen molar-refractivity contribution in [2.45, 2.75) is 44.9 Å². The Kier molecular flexibility index (Phi) is 5.15. The Morgan fingerprint density at radius 3 is 2.76 bits per heavy atom. The first-order chi connectivity index (χ1) is 16.5. The Morgan fingerprint density at radius 1 is 1.18 bits per heavy atom. The molecule has 0 saturated carbocycles. The van der Waals surface area contributed by atoms with E-state index >= 15 is 0 Å². The lowest BCUT2D eigenvalue weighted by Crippen LogP contribution is -2.51. The van der Waals surface area contributed by atoms with Crippen molar-refractivity contribution < 1.29 is 9.26 Å². The first-order valence-electron chi connectivity index (χ1n) is 11.5. The maximum absolute atomic E-state index is 13.1. The highest BCUT2D eigenvalue weighted by molar-refractivity contribution is 5.55. The van der Waals surface area contributed by atoms with Crippen LogP contribution < -0.4 is 16.2 Å². The molecule has 6 rings (SSSR count). The van der Waals surface area contributed by atoms with Gasteiger partial charge in [-0.15, -0.1) is 0 Å². The average molecular weight is 463 g/mol. The minimum Gasteiger partial charge on any atom is -0.373 e. The van der Waals surface area contributed by atoms with Gasteiger partial charge in [-0.3, -0.25) is 9.36 Å². The van der Waals surface area contributed by atoms with Crippen molar-refractivity contribution in [2.24, 2.45) is 0 Å². The van der Waals surface area contributed by atoms with Gasteiger partial charge in [0.15, 0.2) is 11.3 Å². The number of nitrogens with one attached hydrogen (secondary N) is 2. The predicted molar refractivity (Wildman–Crippen MR) is 123 cm³/mol. The Balaban J connectivity index is 1.18. The number of rotatable bonds is 6. The van der Waals surface area contributed by atoms with Gasteiger partial charge in [-0.25, -0.2) is 4.98 Å². The van der Waals surface area contributed by atoms with Gasteiger partial charge in [-0.1, -0.05) is 35.0 Å². The van der Waals surface area contributed by atoms with Gasteiger partial charge in [0, 0.05) is 19.0 Å². The highest BCUT2D eigenvalue weighted by Gasteiger charge is 2.31. The van der Waals surface area contributed by atoms with Gasteiger partial charge in [0.2, 0.25) is 11.8 Å². The van der Waals surface area contributed by atoms with E-state index in [1.165, 1.54) is 16.5 Å². The number of anilines is 1. The lowest BCUT2D eigenvalue weighted by molar-refractivity contribution is 0.110. The molecule has 2 saturated heterocycles. The molecule has 176 valence electrons. The normalized spacial score (nSPS) is 20.6. The van der Waals surface area contributed by atoms with Gasteiger partial charge in [-0.2, -0.15) is 14.6 Å². The van der Waals surface area contributed by atoms with Crippen molar-refractivity contribution >= 4 is 11.5 Å². The number of nitrogens with zero attached hydrogens (tertiary/aromatic N) is 6. The Morgan fingerprint density at radius 2 is 2.00 bits per heavy atom. The van der Waals surface area contributed by atoms with Crippen molar-refractivity contribution in [1.82, 2.24) is 34.6 Å². The zero-order valence-corrected chi connectivity index (χ0v) is 19.1. The molecule has 11 nitrogen and oxygen atoms in total. The zero-order chi connectivity index (χ0) is 23.2. The Hall–Kier alpha value is -3.57. The van der Waals surface area contributed by atoms with Crippen LogP contribution in [-0.4, -0.2) is 55.0 Å². The van der Waals surface area contributed by atoms with Gasteiger partial charge in [0.05, 0.1) is 24.4 Å². The molecule has 0 bridgehead atoms. The molecule has 0 amide bonds. The summed E-state index contributed by atoms with van der Waals surface area (Å²) in [7, 11) is 0. The number of hydrogen-bond donors (Lipinski definition) is 2. The van der Waals surface area contributed by atoms with Crippen LogP contribution in [0.4, 0.5) is 5.95 Å². The maximum Gasteiger partial charge on any atom is 0.280 e. The van der Waals surface area contributed by atoms with E-state index in [0.717, 1.165) is 25.1 Å². The van der Waals surface area contributed by atoms with Crippen LogP contribution >= 0.6 is 0 Å². The second-order valence-electron chi connectivity index (χ2n) is 9.06. The average Bonchev–Trinajstić information content (AvgIpc) is 3.53. The lowest BCUT2D eigenvalue weighted by Gasteiger charge is -2.27. The number of fused-ring (bicyclic) bond motifs is 1. The molecule has 0 aliphatic carbocycles. The molecule has 2 N–H and O–H groups in total. The van der Waals surface area contributed by atoms with Crippen LogP contribution in [0.15, 0.2) is 39.9 Å². The quantitative estimate of drug-likeness (QED) is 0.439. The fraction of sp³-hybridized carbons (Fsp3) is 0.435. The van der Waals surface area contributed by atoms with Crippen molar-refractivity contribution in [1.29, 1.82) is 0 Å². The van der Waals surface area contributed by atoms with Crippen LogP contribution in [0, 0.1) is 13.8 Å². The van der Waals surface area contributed by atoms with E-state index in [0.29, 0.717) is 35.5 Å². The molecule has 34 heavy (non-hydrogen) atoms. The third-order valence-electron chi connectivity index (χ3n) is 6.51. The number of imidazole rings is 1. The molecule has 0 radical (unpaired) electrons. The molecule has 2 fully saturated rings. The van der Waals surface area contributed by atoms with Crippen molar-refractivity contribution in [3.63, 3.8) is 0 Å². The van der Waals surface area contributed by atoms with Crippen LogP contribution in [0.5, 0.6) is 0 Å². The first-order valence-corrected chi connectivity index (χ1v) is 11.5. The third-order valence-corrected chi connectivity index (χ3v) is 6.51. The Bertz CT molecular complexity index is 1390. The summed E-state index contributed by atoms with van der Waals surface area (Å²) < 4.78 is 14.5. The first kappa shape index (κ1) is 21.0. The standard InChI is InChI=1S/C23H26N8O3/c1-13-3-5-15(6-4-13)18-7-16(11-33-18)21-28-19(34-29-21)10-30-12-25-31-20(22(30)32)14(2)26-23(31)27-17-8-24-9-17/h3-6,12,16-18,24H,7-11H2,1-2H3,(H,26,27)/t16-,18+/m0/s1. The fourth-order valence-electron chi connectivity index (χ4n) is 4.42. The van der Waals surface area contributed by atoms with Crippen molar-refractivity contribution in [3.05, 3.63) is 69.5 Å². The molecule has 0 unspecified atom stereocenters. The third kappa shape index (κ3) is 3.76. The predicted octanol–water partition coefficient (Wildman–Crippen LogP) is 1.57. The number of hydrogen-bond acceptors (Lipinski definition) is 9. The number of benzene rings is 1. The molecular weight excluding hydrogens is 436 g/mol. The van der Waals surface area contributed by atoms with Gasteiger partial charge in [0.25, 0.3) is 5.56 Å². The summed E-state index contributed by atoms with van der Waals surface area (Å²) in [6, 6.07) is 8.67. The summed E-state index contributed by atoms with van der Waals surface area (Å²) in [5.74, 6) is 1.59. The minimum atomic E-state index is -0.205. The zero-order valence-electron chi connectivity index (χ0n) is 19.1. The molecule has 4 aromatic rings. The lowest BCUT2D eigenvalue weighted by atomic mass is 9.99. The second kappa shape index (κ2) is 8.33. The summed E-state index contributed by atoms with van der Waals surface area (Å²) in [6.07, 6.45) is 2.29. The minimum absolute atomic E-state index is 0.0186. The molecule has 2 aliphatic heterocycles. The molecule has 3 aromatic heterocycles. The summed E-state index contributed by atoms with van der Waals surface area (Å²) in [6.45, 7) is 6.28. The molecule has 0 spiro atoms. The maximum atomic E-state index is 13.1. The summed E-state index contributed by atoms with van der Waals surface area (Å²) >= 11 is 0. The SMILES string of the molecule is Cc1ccc([C@H]2C[C@H](c3noc(Cn4cnn5c(NC6CNC6)nc(C)c5c4=O)n3)CO2)cc1. The van der Waals surface area contributed by atoms with Crippen LogP contribution in [0.3, 0.4) is 0 Å². The summed E-state index contributed by atoms with van der Waals surface area (Å²) in [5, 5.41) is 15.1. The van der Waals surface area contributed by atoms with Gasteiger partial charge >= 0.3 is 0 Å². The molecule has 11 heteroatoms. The fourth-order valence-corrected chi connectivity index (χ4v) is 4.42. The van der Waals surface area contributed by atoms with Gasteiger partial charge in [-0.05, 0) is 25.8 Å². The van der Waals surface area contributed by atoms with Crippen molar-refractivity contribution in [2.75, 3.05) is 25.0 Å². The van der Waals surface area contributed by atoms with E-state index in [1.54, 1.807) is 4.52 Å². The number of ether oxygens (including phenoxy) is 1. The highest BCUT2D eigenvalue weighted by atomic mass is 16.5. The summed E-state index contributed by atoms with van der Waals surface area (Å²) in [5.41, 5.74) is 3.23. The Labute approximate surface area is 195 Å². The van der Waals surface area contributed by atoms with Crippen molar-refractivity contribution in [3.8, 4) is 0 Å². The molecule has 5 heterocycles. The van der Waals surface area contributed by atoms with Crippen LogP contribution in [0.2, 0.25) is 0 Å². The number of aryl methyl sites for hydroxylation is 2. The molecule has 2 atom stereocenters. The summed E-state index contributed by atoms with van der Waals surface area (Å²) in [4.78, 5) is 22.2. The largest absolute Gasteiger partial charge is 0.373 e. The van der Waals surface area contributed by atoms with E-state index in [-0.39, 0.29) is 30.2 Å². The smallest absolute Gasteiger partial charge is 0.280 e. The van der Waals surface area contributed by atoms with E-state index in [1.807, 2.05) is 6.92 Å². The van der Waals surface area contributed by atoms with E-state index in [2.05, 4.69) is 62.0 Å². The second-order valence-corrected chi connectivity index (χ2v) is 9.06. The highest BCUT2D eigenvalue weighted by Crippen LogP contribution is 2.37. The van der Waals surface area contributed by atoms with E-state index in [9.17, 15) is 4.79 Å². The molecule has 1 aromatic carbocycles. The monoisotopic (exact) mass is 462 g/mol. The van der Waals surface area contributed by atoms with Gasteiger partial charge in [0.1, 0.15) is 12.9 Å². The van der Waals surface area contributed by atoms with Gasteiger partial charge < -0.3 is 19.9 Å². The number of aromatic nitrogens is 6. The molecular formula is C23H26N8O3. The van der Waals surface area contributed by atoms with Crippen LogP contribution in [0.25, 0.3) is 5.52 Å². The van der Waals surface area contributed by atoms with Crippen LogP contribution in [-0.2, 0) is 11.3 Å². The van der Waals surface area contributed by atoms with E-state index in [4.69, 9.17) is 9.26 Å². The van der Waals surface area contributed by atoms with E-state index < -0.39 is 0 Å².